The number of aromatic nitrogens is 1. The molecule has 0 aliphatic carbocycles. The van der Waals surface area contributed by atoms with E-state index in [0.29, 0.717) is 27.7 Å². The lowest BCUT2D eigenvalue weighted by Gasteiger charge is -2.07. The summed E-state index contributed by atoms with van der Waals surface area (Å²) in [5.41, 5.74) is 0.289. The van der Waals surface area contributed by atoms with Gasteiger partial charge in [-0.25, -0.2) is 4.79 Å². The zero-order valence-electron chi connectivity index (χ0n) is 9.61. The van der Waals surface area contributed by atoms with Gasteiger partial charge in [-0.2, -0.15) is 0 Å². The summed E-state index contributed by atoms with van der Waals surface area (Å²) in [5, 5.41) is 9.76. The average molecular weight is 298 g/mol. The Morgan fingerprint density at radius 2 is 1.79 bits per heavy atom. The Hall–Kier alpha value is -1.78. The summed E-state index contributed by atoms with van der Waals surface area (Å²) in [4.78, 5) is 24.8. The highest BCUT2D eigenvalue weighted by molar-refractivity contribution is 6.36. The molecule has 0 aliphatic heterocycles. The first-order valence-electron chi connectivity index (χ1n) is 5.37. The summed E-state index contributed by atoms with van der Waals surface area (Å²) in [7, 11) is 0. The number of rotatable bonds is 3. The number of hydrogen-bond donors (Lipinski definition) is 2. The van der Waals surface area contributed by atoms with Crippen molar-refractivity contribution in [3.63, 3.8) is 0 Å². The number of pyridine rings is 1. The fourth-order valence-corrected chi connectivity index (χ4v) is 2.21. The summed E-state index contributed by atoms with van der Waals surface area (Å²) in [5.74, 6) is -1.26. The molecule has 1 aromatic heterocycles. The van der Waals surface area contributed by atoms with Crippen molar-refractivity contribution in [1.29, 1.82) is 0 Å². The molecular formula is C13H9Cl2NO3. The molecule has 2 N–H and O–H groups in total. The zero-order chi connectivity index (χ0) is 14.0. The Morgan fingerprint density at radius 3 is 2.32 bits per heavy atom. The van der Waals surface area contributed by atoms with Gasteiger partial charge in [0.05, 0.1) is 0 Å². The number of halogens is 2. The molecule has 6 heteroatoms. The van der Waals surface area contributed by atoms with Gasteiger partial charge in [-0.05, 0) is 29.8 Å². The first-order chi connectivity index (χ1) is 8.99. The van der Waals surface area contributed by atoms with E-state index in [9.17, 15) is 9.59 Å². The van der Waals surface area contributed by atoms with Crippen LogP contribution in [0.1, 0.15) is 21.6 Å². The molecule has 0 aliphatic rings. The summed E-state index contributed by atoms with van der Waals surface area (Å²) >= 11 is 12.1. The van der Waals surface area contributed by atoms with Gasteiger partial charge in [-0.3, -0.25) is 4.79 Å². The molecule has 0 radical (unpaired) electrons. The van der Waals surface area contributed by atoms with Gasteiger partial charge in [0.1, 0.15) is 5.56 Å². The van der Waals surface area contributed by atoms with Crippen molar-refractivity contribution >= 4 is 29.2 Å². The van der Waals surface area contributed by atoms with Crippen LogP contribution in [0.15, 0.2) is 35.1 Å². The van der Waals surface area contributed by atoms with Crippen LogP contribution in [0.4, 0.5) is 0 Å². The Kier molecular flexibility index (Phi) is 3.93. The van der Waals surface area contributed by atoms with Crippen molar-refractivity contribution < 1.29 is 9.90 Å². The predicted octanol–water partition coefficient (Wildman–Crippen LogP) is 2.97. The molecule has 19 heavy (non-hydrogen) atoms. The molecule has 0 saturated heterocycles. The lowest BCUT2D eigenvalue weighted by Crippen LogP contribution is -2.18. The van der Waals surface area contributed by atoms with Gasteiger partial charge in [-0.15, -0.1) is 0 Å². The van der Waals surface area contributed by atoms with Gasteiger partial charge in [0.25, 0.3) is 5.56 Å². The van der Waals surface area contributed by atoms with Crippen LogP contribution in [0.5, 0.6) is 0 Å². The molecule has 2 aromatic rings. The van der Waals surface area contributed by atoms with Crippen LogP contribution in [0, 0.1) is 0 Å². The Labute approximate surface area is 118 Å². The molecular weight excluding hydrogens is 289 g/mol. The zero-order valence-corrected chi connectivity index (χ0v) is 11.1. The van der Waals surface area contributed by atoms with E-state index in [2.05, 4.69) is 4.98 Å². The SMILES string of the molecule is O=C(O)c1ccc(Cc2c(Cl)cccc2Cl)[nH]c1=O. The van der Waals surface area contributed by atoms with Gasteiger partial charge < -0.3 is 10.1 Å². The topological polar surface area (TPSA) is 70.2 Å². The standard InChI is InChI=1S/C13H9Cl2NO3/c14-10-2-1-3-11(15)9(10)6-7-4-5-8(13(18)19)12(17)16-7/h1-5H,6H2,(H,16,17)(H,18,19). The van der Waals surface area contributed by atoms with E-state index in [0.717, 1.165) is 0 Å². The minimum atomic E-state index is -1.26. The molecule has 1 aromatic carbocycles. The predicted molar refractivity (Wildman–Crippen MR) is 73.3 cm³/mol. The van der Waals surface area contributed by atoms with Crippen molar-refractivity contribution in [2.24, 2.45) is 0 Å². The van der Waals surface area contributed by atoms with Crippen LogP contribution < -0.4 is 5.56 Å². The fraction of sp³-hybridized carbons (Fsp3) is 0.0769. The Balaban J connectivity index is 2.37. The number of carbonyl (C=O) groups is 1. The third kappa shape index (κ3) is 2.97. The second kappa shape index (κ2) is 5.47. The number of benzene rings is 1. The van der Waals surface area contributed by atoms with E-state index in [1.54, 1.807) is 18.2 Å². The van der Waals surface area contributed by atoms with Crippen molar-refractivity contribution in [3.8, 4) is 0 Å². The van der Waals surface area contributed by atoms with Crippen LogP contribution >= 0.6 is 23.2 Å². The molecule has 0 atom stereocenters. The molecule has 98 valence electrons. The van der Waals surface area contributed by atoms with Gasteiger partial charge >= 0.3 is 5.97 Å². The molecule has 1 heterocycles. The largest absolute Gasteiger partial charge is 0.477 e. The first kappa shape index (κ1) is 13.6. The summed E-state index contributed by atoms with van der Waals surface area (Å²) in [6, 6.07) is 7.93. The van der Waals surface area contributed by atoms with Crippen LogP contribution in [0.2, 0.25) is 10.0 Å². The number of carboxylic acids is 1. The second-order valence-corrected chi connectivity index (χ2v) is 4.72. The molecule has 4 nitrogen and oxygen atoms in total. The lowest BCUT2D eigenvalue weighted by atomic mass is 10.1. The highest BCUT2D eigenvalue weighted by Crippen LogP contribution is 2.26. The highest BCUT2D eigenvalue weighted by Gasteiger charge is 2.11. The summed E-state index contributed by atoms with van der Waals surface area (Å²) < 4.78 is 0. The Bertz CT molecular complexity index is 674. The maximum Gasteiger partial charge on any atom is 0.341 e. The number of H-pyrrole nitrogens is 1. The summed E-state index contributed by atoms with van der Waals surface area (Å²) in [6.45, 7) is 0. The maximum absolute atomic E-state index is 11.5. The number of nitrogens with one attached hydrogen (secondary N) is 1. The van der Waals surface area contributed by atoms with E-state index in [4.69, 9.17) is 28.3 Å². The van der Waals surface area contributed by atoms with Crippen molar-refractivity contribution in [1.82, 2.24) is 4.98 Å². The lowest BCUT2D eigenvalue weighted by molar-refractivity contribution is 0.0695. The third-order valence-corrected chi connectivity index (χ3v) is 3.34. The molecule has 0 amide bonds. The number of carboxylic acid groups (broad SMARTS) is 1. The first-order valence-corrected chi connectivity index (χ1v) is 6.13. The van der Waals surface area contributed by atoms with E-state index in [1.807, 2.05) is 0 Å². The van der Waals surface area contributed by atoms with Gasteiger partial charge in [-0.1, -0.05) is 29.3 Å². The van der Waals surface area contributed by atoms with Crippen molar-refractivity contribution in [2.45, 2.75) is 6.42 Å². The van der Waals surface area contributed by atoms with E-state index < -0.39 is 11.5 Å². The molecule has 0 spiro atoms. The van der Waals surface area contributed by atoms with Crippen LogP contribution in [-0.4, -0.2) is 16.1 Å². The molecule has 0 fully saturated rings. The third-order valence-electron chi connectivity index (χ3n) is 2.63. The quantitative estimate of drug-likeness (QED) is 0.915. The van der Waals surface area contributed by atoms with Gasteiger partial charge in [0.2, 0.25) is 0 Å². The minimum Gasteiger partial charge on any atom is -0.477 e. The van der Waals surface area contributed by atoms with Crippen molar-refractivity contribution in [3.05, 3.63) is 67.6 Å². The second-order valence-electron chi connectivity index (χ2n) is 3.91. The molecule has 0 saturated carbocycles. The normalized spacial score (nSPS) is 10.4. The number of hydrogen-bond acceptors (Lipinski definition) is 2. The minimum absolute atomic E-state index is 0.297. The monoisotopic (exact) mass is 297 g/mol. The van der Waals surface area contributed by atoms with Crippen LogP contribution in [-0.2, 0) is 6.42 Å². The highest BCUT2D eigenvalue weighted by atomic mass is 35.5. The smallest absolute Gasteiger partial charge is 0.341 e. The number of aromatic amines is 1. The number of aromatic carboxylic acids is 1. The average Bonchev–Trinajstić information content (AvgIpc) is 2.33. The fourth-order valence-electron chi connectivity index (χ4n) is 1.68. The molecule has 0 bridgehead atoms. The van der Waals surface area contributed by atoms with E-state index in [-0.39, 0.29) is 5.56 Å². The maximum atomic E-state index is 11.5. The Morgan fingerprint density at radius 1 is 1.16 bits per heavy atom. The van der Waals surface area contributed by atoms with Crippen molar-refractivity contribution in [2.75, 3.05) is 0 Å². The van der Waals surface area contributed by atoms with Gasteiger partial charge in [0, 0.05) is 22.2 Å². The van der Waals surface area contributed by atoms with E-state index in [1.165, 1.54) is 12.1 Å². The van der Waals surface area contributed by atoms with Gasteiger partial charge in [0.15, 0.2) is 0 Å². The molecule has 2 rings (SSSR count). The van der Waals surface area contributed by atoms with Crippen LogP contribution in [0.25, 0.3) is 0 Å². The van der Waals surface area contributed by atoms with E-state index >= 15 is 0 Å². The molecule has 0 unspecified atom stereocenters. The summed E-state index contributed by atoms with van der Waals surface area (Å²) in [6.07, 6.45) is 0.327. The van der Waals surface area contributed by atoms with Crippen LogP contribution in [0.3, 0.4) is 0 Å².